The van der Waals surface area contributed by atoms with E-state index in [-0.39, 0.29) is 25.0 Å². The largest absolute Gasteiger partial charge is 0.444 e. The Balaban J connectivity index is 1.60. The van der Waals surface area contributed by atoms with Crippen LogP contribution in [0.2, 0.25) is 0 Å². The predicted molar refractivity (Wildman–Crippen MR) is 106 cm³/mol. The third kappa shape index (κ3) is 4.14. The lowest BCUT2D eigenvalue weighted by Crippen LogP contribution is -2.54. The second-order valence-corrected chi connectivity index (χ2v) is 9.45. The van der Waals surface area contributed by atoms with Crippen molar-refractivity contribution in [1.82, 2.24) is 15.1 Å². The maximum absolute atomic E-state index is 13.7. The van der Waals surface area contributed by atoms with Crippen molar-refractivity contribution in [3.05, 3.63) is 42.1 Å². The van der Waals surface area contributed by atoms with E-state index in [4.69, 9.17) is 4.74 Å². The molecule has 1 aliphatic heterocycles. The van der Waals surface area contributed by atoms with Crippen molar-refractivity contribution >= 4 is 6.09 Å². The summed E-state index contributed by atoms with van der Waals surface area (Å²) in [5.74, 6) is -2.58. The number of piperidine rings is 1. The molecule has 29 heavy (non-hydrogen) atoms. The number of amides is 1. The summed E-state index contributed by atoms with van der Waals surface area (Å²) in [6, 6.07) is 9.47. The Morgan fingerprint density at radius 1 is 1.21 bits per heavy atom. The summed E-state index contributed by atoms with van der Waals surface area (Å²) >= 11 is 0. The molecule has 1 aromatic heterocycles. The third-order valence-electron chi connectivity index (χ3n) is 5.89. The number of H-pyrrole nitrogens is 1. The summed E-state index contributed by atoms with van der Waals surface area (Å²) in [5.41, 5.74) is 1.82. The minimum Gasteiger partial charge on any atom is -0.444 e. The first-order valence-corrected chi connectivity index (χ1v) is 10.0. The SMILES string of the molecule is CC(C)(C)OC(=O)N1CCC2(CC1c1ccc(-c3ccn[nH]3)cc1)CC(F)(F)C2. The van der Waals surface area contributed by atoms with Crippen LogP contribution in [0.5, 0.6) is 0 Å². The number of ether oxygens (including phenoxy) is 1. The fraction of sp³-hybridized carbons (Fsp3) is 0.545. The lowest BCUT2D eigenvalue weighted by Gasteiger charge is -2.54. The number of aromatic nitrogens is 2. The fourth-order valence-electron chi connectivity index (χ4n) is 4.64. The van der Waals surface area contributed by atoms with Crippen LogP contribution in [0.1, 0.15) is 58.1 Å². The van der Waals surface area contributed by atoms with Crippen LogP contribution in [0.3, 0.4) is 0 Å². The van der Waals surface area contributed by atoms with Gasteiger partial charge in [0.15, 0.2) is 0 Å². The van der Waals surface area contributed by atoms with Crippen LogP contribution in [0.15, 0.2) is 36.5 Å². The molecule has 1 atom stereocenters. The minimum absolute atomic E-state index is 0.0924. The van der Waals surface area contributed by atoms with Gasteiger partial charge in [0.1, 0.15) is 5.60 Å². The number of aromatic amines is 1. The van der Waals surface area contributed by atoms with E-state index in [0.29, 0.717) is 19.4 Å². The Kier molecular flexibility index (Phi) is 4.67. The lowest BCUT2D eigenvalue weighted by molar-refractivity contribution is -0.183. The lowest BCUT2D eigenvalue weighted by atomic mass is 9.59. The van der Waals surface area contributed by atoms with Gasteiger partial charge in [0, 0.05) is 25.6 Å². The van der Waals surface area contributed by atoms with E-state index in [2.05, 4.69) is 10.2 Å². The van der Waals surface area contributed by atoms with Crippen molar-refractivity contribution in [2.75, 3.05) is 6.54 Å². The molecule has 1 N–H and O–H groups in total. The van der Waals surface area contributed by atoms with Crippen molar-refractivity contribution in [3.63, 3.8) is 0 Å². The standard InChI is InChI=1S/C22H27F2N3O2/c1-20(2,3)29-19(28)27-11-9-21(13-22(23,24)14-21)12-18(27)16-6-4-15(5-7-16)17-8-10-25-26-17/h4-8,10,18H,9,11-14H2,1-3H3,(H,25,26). The number of carbonyl (C=O) groups excluding carboxylic acids is 1. The molecule has 5 nitrogen and oxygen atoms in total. The molecule has 0 bridgehead atoms. The molecule has 2 heterocycles. The molecule has 1 aromatic carbocycles. The smallest absolute Gasteiger partial charge is 0.410 e. The van der Waals surface area contributed by atoms with Gasteiger partial charge >= 0.3 is 6.09 Å². The summed E-state index contributed by atoms with van der Waals surface area (Å²) in [6.07, 6.45) is 2.24. The number of halogens is 2. The highest BCUT2D eigenvalue weighted by Crippen LogP contribution is 2.60. The van der Waals surface area contributed by atoms with Gasteiger partial charge < -0.3 is 9.64 Å². The summed E-state index contributed by atoms with van der Waals surface area (Å²) in [4.78, 5) is 14.5. The number of alkyl halides is 2. The molecule has 1 spiro atoms. The highest BCUT2D eigenvalue weighted by molar-refractivity contribution is 5.69. The fourth-order valence-corrected chi connectivity index (χ4v) is 4.64. The molecular formula is C22H27F2N3O2. The summed E-state index contributed by atoms with van der Waals surface area (Å²) in [6.45, 7) is 5.92. The first-order chi connectivity index (χ1) is 13.6. The van der Waals surface area contributed by atoms with E-state index < -0.39 is 16.9 Å². The molecule has 0 radical (unpaired) electrons. The molecule has 2 fully saturated rings. The Hall–Kier alpha value is -2.44. The quantitative estimate of drug-likeness (QED) is 0.714. The molecule has 4 rings (SSSR count). The van der Waals surface area contributed by atoms with Crippen LogP contribution < -0.4 is 0 Å². The first-order valence-electron chi connectivity index (χ1n) is 10.0. The maximum atomic E-state index is 13.7. The number of likely N-dealkylation sites (tertiary alicyclic amines) is 1. The number of hydrogen-bond donors (Lipinski definition) is 1. The van der Waals surface area contributed by atoms with E-state index in [1.165, 1.54) is 0 Å². The summed E-state index contributed by atoms with van der Waals surface area (Å²) in [5, 5.41) is 6.89. The van der Waals surface area contributed by atoms with E-state index in [1.54, 1.807) is 11.1 Å². The van der Waals surface area contributed by atoms with Crippen LogP contribution in [0, 0.1) is 5.41 Å². The van der Waals surface area contributed by atoms with E-state index in [9.17, 15) is 13.6 Å². The van der Waals surface area contributed by atoms with Crippen LogP contribution >= 0.6 is 0 Å². The zero-order chi connectivity index (χ0) is 20.9. The first kappa shape index (κ1) is 19.9. The zero-order valence-electron chi connectivity index (χ0n) is 17.0. The Morgan fingerprint density at radius 3 is 2.45 bits per heavy atom. The average molecular weight is 403 g/mol. The topological polar surface area (TPSA) is 58.2 Å². The van der Waals surface area contributed by atoms with Gasteiger partial charge in [0.05, 0.1) is 11.7 Å². The number of nitrogens with zero attached hydrogens (tertiary/aromatic N) is 2. The van der Waals surface area contributed by atoms with Crippen LogP contribution in [-0.2, 0) is 4.74 Å². The van der Waals surface area contributed by atoms with Gasteiger partial charge in [-0.3, -0.25) is 5.10 Å². The monoisotopic (exact) mass is 403 g/mol. The van der Waals surface area contributed by atoms with Crippen molar-refractivity contribution in [1.29, 1.82) is 0 Å². The minimum atomic E-state index is -2.58. The number of hydrogen-bond acceptors (Lipinski definition) is 3. The van der Waals surface area contributed by atoms with Gasteiger partial charge in [0.2, 0.25) is 5.92 Å². The zero-order valence-corrected chi connectivity index (χ0v) is 17.0. The van der Waals surface area contributed by atoms with Crippen LogP contribution in [0.25, 0.3) is 11.3 Å². The van der Waals surface area contributed by atoms with Gasteiger partial charge in [-0.05, 0) is 56.2 Å². The van der Waals surface area contributed by atoms with Crippen LogP contribution in [-0.4, -0.2) is 39.3 Å². The molecule has 7 heteroatoms. The van der Waals surface area contributed by atoms with Crippen molar-refractivity contribution in [2.45, 2.75) is 64.0 Å². The van der Waals surface area contributed by atoms with E-state index in [0.717, 1.165) is 16.8 Å². The molecule has 1 saturated heterocycles. The van der Waals surface area contributed by atoms with Gasteiger partial charge in [-0.15, -0.1) is 0 Å². The van der Waals surface area contributed by atoms with Crippen molar-refractivity contribution in [3.8, 4) is 11.3 Å². The average Bonchev–Trinajstić information content (AvgIpc) is 3.13. The van der Waals surface area contributed by atoms with Gasteiger partial charge in [0.25, 0.3) is 0 Å². The number of carbonyl (C=O) groups is 1. The molecule has 1 aliphatic carbocycles. The van der Waals surface area contributed by atoms with Crippen molar-refractivity contribution < 1.29 is 18.3 Å². The Morgan fingerprint density at radius 2 is 1.90 bits per heavy atom. The molecule has 1 saturated carbocycles. The highest BCUT2D eigenvalue weighted by atomic mass is 19.3. The summed E-state index contributed by atoms with van der Waals surface area (Å²) < 4.78 is 32.9. The van der Waals surface area contributed by atoms with Gasteiger partial charge in [-0.1, -0.05) is 24.3 Å². The second-order valence-electron chi connectivity index (χ2n) is 9.45. The third-order valence-corrected chi connectivity index (χ3v) is 5.89. The van der Waals surface area contributed by atoms with Crippen molar-refractivity contribution in [2.24, 2.45) is 5.41 Å². The predicted octanol–water partition coefficient (Wildman–Crippen LogP) is 5.56. The molecule has 2 aliphatic rings. The van der Waals surface area contributed by atoms with Gasteiger partial charge in [-0.25, -0.2) is 13.6 Å². The normalized spacial score (nSPS) is 22.9. The molecule has 156 valence electrons. The molecule has 1 unspecified atom stereocenters. The summed E-state index contributed by atoms with van der Waals surface area (Å²) in [7, 11) is 0. The number of rotatable bonds is 2. The highest BCUT2D eigenvalue weighted by Gasteiger charge is 2.59. The Bertz CT molecular complexity index is 864. The Labute approximate surface area is 169 Å². The van der Waals surface area contributed by atoms with Crippen LogP contribution in [0.4, 0.5) is 13.6 Å². The molecule has 1 amide bonds. The van der Waals surface area contributed by atoms with E-state index >= 15 is 0 Å². The van der Waals surface area contributed by atoms with E-state index in [1.807, 2.05) is 51.1 Å². The maximum Gasteiger partial charge on any atom is 0.410 e. The molecular weight excluding hydrogens is 376 g/mol. The van der Waals surface area contributed by atoms with Gasteiger partial charge in [-0.2, -0.15) is 5.10 Å². The number of nitrogens with one attached hydrogen (secondary N) is 1. The number of benzene rings is 1. The second kappa shape index (κ2) is 6.82. The molecule has 2 aromatic rings.